The summed E-state index contributed by atoms with van der Waals surface area (Å²) in [6.45, 7) is 6.04. The molecule has 1 saturated heterocycles. The van der Waals surface area contributed by atoms with E-state index in [1.165, 1.54) is 0 Å². The molecule has 122 valence electrons. The fourth-order valence-electron chi connectivity index (χ4n) is 2.56. The van der Waals surface area contributed by atoms with E-state index in [-0.39, 0.29) is 12.5 Å². The van der Waals surface area contributed by atoms with Gasteiger partial charge in [0.15, 0.2) is 0 Å². The summed E-state index contributed by atoms with van der Waals surface area (Å²) >= 11 is 6.06. The molecule has 22 heavy (non-hydrogen) atoms. The molecular formula is C16H24ClN3O2. The molecule has 0 atom stereocenters. The maximum absolute atomic E-state index is 11.9. The normalized spacial score (nSPS) is 16.6. The van der Waals surface area contributed by atoms with Gasteiger partial charge >= 0.3 is 0 Å². The van der Waals surface area contributed by atoms with Gasteiger partial charge in [-0.05, 0) is 11.6 Å². The number of aliphatic hydroxyl groups is 1. The lowest BCUT2D eigenvalue weighted by molar-refractivity contribution is -0.121. The van der Waals surface area contributed by atoms with Crippen molar-refractivity contribution in [1.82, 2.24) is 15.1 Å². The van der Waals surface area contributed by atoms with E-state index in [1.54, 1.807) is 0 Å². The molecule has 1 aromatic rings. The number of hydrogen-bond acceptors (Lipinski definition) is 4. The van der Waals surface area contributed by atoms with Crippen LogP contribution in [0.4, 0.5) is 0 Å². The fraction of sp³-hybridized carbons (Fsp3) is 0.562. The van der Waals surface area contributed by atoms with Crippen molar-refractivity contribution in [2.75, 3.05) is 45.9 Å². The van der Waals surface area contributed by atoms with E-state index in [1.807, 2.05) is 24.3 Å². The number of halogens is 1. The predicted octanol–water partition coefficient (Wildman–Crippen LogP) is 0.956. The summed E-state index contributed by atoms with van der Waals surface area (Å²) in [6, 6.07) is 7.54. The molecule has 1 heterocycles. The van der Waals surface area contributed by atoms with Gasteiger partial charge in [0.1, 0.15) is 0 Å². The van der Waals surface area contributed by atoms with E-state index in [9.17, 15) is 4.79 Å². The molecule has 1 aromatic carbocycles. The second-order valence-corrected chi connectivity index (χ2v) is 5.93. The number of nitrogens with zero attached hydrogens (tertiary/aromatic N) is 2. The van der Waals surface area contributed by atoms with Crippen LogP contribution in [0.2, 0.25) is 5.02 Å². The second-order valence-electron chi connectivity index (χ2n) is 5.53. The number of hydrogen-bond donors (Lipinski definition) is 2. The van der Waals surface area contributed by atoms with Crippen molar-refractivity contribution in [3.63, 3.8) is 0 Å². The Morgan fingerprint density at radius 1 is 1.14 bits per heavy atom. The van der Waals surface area contributed by atoms with Crippen molar-refractivity contribution >= 4 is 17.5 Å². The molecule has 1 fully saturated rings. The van der Waals surface area contributed by atoms with Crippen molar-refractivity contribution in [2.24, 2.45) is 0 Å². The quantitative estimate of drug-likeness (QED) is 0.784. The van der Waals surface area contributed by atoms with Crippen molar-refractivity contribution in [2.45, 2.75) is 13.0 Å². The number of piperazine rings is 1. The Bertz CT molecular complexity index is 476. The van der Waals surface area contributed by atoms with Gasteiger partial charge < -0.3 is 15.3 Å². The molecule has 0 aliphatic carbocycles. The average molecular weight is 326 g/mol. The zero-order chi connectivity index (χ0) is 15.8. The van der Waals surface area contributed by atoms with Gasteiger partial charge in [0.25, 0.3) is 0 Å². The van der Waals surface area contributed by atoms with Crippen LogP contribution in [0, 0.1) is 0 Å². The zero-order valence-corrected chi connectivity index (χ0v) is 13.6. The van der Waals surface area contributed by atoms with Crippen LogP contribution in [0.1, 0.15) is 12.0 Å². The van der Waals surface area contributed by atoms with Crippen molar-refractivity contribution in [1.29, 1.82) is 0 Å². The minimum atomic E-state index is 0.0534. The first-order valence-electron chi connectivity index (χ1n) is 7.74. The number of amides is 1. The highest BCUT2D eigenvalue weighted by atomic mass is 35.5. The molecule has 0 aromatic heterocycles. The zero-order valence-electron chi connectivity index (χ0n) is 12.8. The van der Waals surface area contributed by atoms with Crippen LogP contribution >= 0.6 is 11.6 Å². The maximum Gasteiger partial charge on any atom is 0.221 e. The summed E-state index contributed by atoms with van der Waals surface area (Å²) in [5.74, 6) is 0.0534. The first kappa shape index (κ1) is 17.2. The number of carbonyl (C=O) groups excluding carboxylic acids is 1. The van der Waals surface area contributed by atoms with Crippen LogP contribution in [-0.2, 0) is 11.3 Å². The summed E-state index contributed by atoms with van der Waals surface area (Å²) in [7, 11) is 0. The van der Waals surface area contributed by atoms with E-state index >= 15 is 0 Å². The van der Waals surface area contributed by atoms with Crippen molar-refractivity contribution in [3.05, 3.63) is 34.9 Å². The monoisotopic (exact) mass is 325 g/mol. The van der Waals surface area contributed by atoms with Gasteiger partial charge in [0.05, 0.1) is 6.61 Å². The van der Waals surface area contributed by atoms with Crippen LogP contribution < -0.4 is 5.32 Å². The van der Waals surface area contributed by atoms with Gasteiger partial charge in [0.2, 0.25) is 5.91 Å². The number of nitrogens with one attached hydrogen (secondary N) is 1. The minimum absolute atomic E-state index is 0.0534. The maximum atomic E-state index is 11.9. The number of β-amino-alcohol motifs (C(OH)–C–C–N with tert-alkyl or cyclic N) is 1. The number of rotatable bonds is 7. The second kappa shape index (κ2) is 9.10. The Morgan fingerprint density at radius 2 is 1.77 bits per heavy atom. The average Bonchev–Trinajstić information content (AvgIpc) is 2.54. The summed E-state index contributed by atoms with van der Waals surface area (Å²) in [5.41, 5.74) is 0.940. The molecular weight excluding hydrogens is 302 g/mol. The molecule has 1 aliphatic heterocycles. The number of carbonyl (C=O) groups is 1. The van der Waals surface area contributed by atoms with Crippen LogP contribution in [0.3, 0.4) is 0 Å². The molecule has 2 rings (SSSR count). The molecule has 5 nitrogen and oxygen atoms in total. The molecule has 1 aliphatic rings. The van der Waals surface area contributed by atoms with Gasteiger partial charge in [-0.25, -0.2) is 0 Å². The third-order valence-electron chi connectivity index (χ3n) is 3.97. The van der Waals surface area contributed by atoms with Crippen LogP contribution in [-0.4, -0.2) is 66.7 Å². The topological polar surface area (TPSA) is 55.8 Å². The van der Waals surface area contributed by atoms with Gasteiger partial charge in [-0.15, -0.1) is 0 Å². The smallest absolute Gasteiger partial charge is 0.221 e. The lowest BCUT2D eigenvalue weighted by Crippen LogP contribution is -2.47. The Kier molecular flexibility index (Phi) is 7.12. The summed E-state index contributed by atoms with van der Waals surface area (Å²) < 4.78 is 0. The van der Waals surface area contributed by atoms with Crippen LogP contribution in [0.25, 0.3) is 0 Å². The Morgan fingerprint density at radius 3 is 2.41 bits per heavy atom. The molecule has 2 N–H and O–H groups in total. The van der Waals surface area contributed by atoms with E-state index < -0.39 is 0 Å². The molecule has 0 spiro atoms. The van der Waals surface area contributed by atoms with Crippen molar-refractivity contribution < 1.29 is 9.90 Å². The Labute approximate surface area is 136 Å². The number of aliphatic hydroxyl groups excluding tert-OH is 1. The van der Waals surface area contributed by atoms with E-state index in [0.29, 0.717) is 18.0 Å². The van der Waals surface area contributed by atoms with Crippen LogP contribution in [0.15, 0.2) is 24.3 Å². The lowest BCUT2D eigenvalue weighted by Gasteiger charge is -2.34. The summed E-state index contributed by atoms with van der Waals surface area (Å²) in [4.78, 5) is 16.5. The molecule has 1 amide bonds. The predicted molar refractivity (Wildman–Crippen MR) is 87.9 cm³/mol. The Balaban J connectivity index is 1.63. The number of benzene rings is 1. The summed E-state index contributed by atoms with van der Waals surface area (Å²) in [5, 5.41) is 12.5. The molecule has 6 heteroatoms. The minimum Gasteiger partial charge on any atom is -0.395 e. The highest BCUT2D eigenvalue weighted by molar-refractivity contribution is 6.31. The third-order valence-corrected chi connectivity index (χ3v) is 4.34. The molecule has 0 bridgehead atoms. The van der Waals surface area contributed by atoms with Gasteiger partial charge in [0, 0.05) is 57.3 Å². The van der Waals surface area contributed by atoms with E-state index in [2.05, 4.69) is 15.1 Å². The SMILES string of the molecule is O=C(CCN1CCN(CCO)CC1)NCc1ccccc1Cl. The molecule has 0 unspecified atom stereocenters. The standard InChI is InChI=1S/C16H24ClN3O2/c17-15-4-2-1-3-14(15)13-18-16(22)5-6-19-7-9-20(10-8-19)11-12-21/h1-4,21H,5-13H2,(H,18,22). The van der Waals surface area contributed by atoms with E-state index in [0.717, 1.165) is 44.8 Å². The Hall–Kier alpha value is -1.14. The highest BCUT2D eigenvalue weighted by Crippen LogP contribution is 2.14. The van der Waals surface area contributed by atoms with Gasteiger partial charge in [-0.1, -0.05) is 29.8 Å². The highest BCUT2D eigenvalue weighted by Gasteiger charge is 2.16. The third kappa shape index (κ3) is 5.57. The summed E-state index contributed by atoms with van der Waals surface area (Å²) in [6.07, 6.45) is 0.504. The van der Waals surface area contributed by atoms with E-state index in [4.69, 9.17) is 16.7 Å². The molecule has 0 radical (unpaired) electrons. The largest absolute Gasteiger partial charge is 0.395 e. The molecule has 0 saturated carbocycles. The van der Waals surface area contributed by atoms with Crippen molar-refractivity contribution in [3.8, 4) is 0 Å². The first-order valence-corrected chi connectivity index (χ1v) is 8.12. The van der Waals surface area contributed by atoms with Gasteiger partial charge in [-0.3, -0.25) is 9.69 Å². The lowest BCUT2D eigenvalue weighted by atomic mass is 10.2. The van der Waals surface area contributed by atoms with Gasteiger partial charge in [-0.2, -0.15) is 0 Å². The first-order chi connectivity index (χ1) is 10.7. The van der Waals surface area contributed by atoms with Crippen LogP contribution in [0.5, 0.6) is 0 Å². The fourth-order valence-corrected chi connectivity index (χ4v) is 2.76.